The largest absolute Gasteiger partial charge is 0.368 e. The first-order chi connectivity index (χ1) is 19.5. The average Bonchev–Trinajstić information content (AvgIpc) is 3.37. The van der Waals surface area contributed by atoms with Crippen molar-refractivity contribution in [2.24, 2.45) is 0 Å². The minimum absolute atomic E-state index is 0.355. The van der Waals surface area contributed by atoms with Crippen molar-refractivity contribution in [1.82, 2.24) is 9.38 Å². The van der Waals surface area contributed by atoms with E-state index < -0.39 is 11.7 Å². The van der Waals surface area contributed by atoms with Crippen LogP contribution >= 0.6 is 0 Å². The molecule has 4 heterocycles. The molecule has 1 aliphatic heterocycles. The first kappa shape index (κ1) is 25.4. The molecule has 7 nitrogen and oxygen atoms in total. The van der Waals surface area contributed by atoms with E-state index in [-0.39, 0.29) is 0 Å². The second-order valence-electron chi connectivity index (χ2n) is 10.2. The molecule has 0 spiro atoms. The number of carbonyl (C=O) groups excluding carboxylic acids is 2. The van der Waals surface area contributed by atoms with E-state index >= 15 is 0 Å². The summed E-state index contributed by atoms with van der Waals surface area (Å²) in [5.41, 5.74) is 6.64. The van der Waals surface area contributed by atoms with Crippen LogP contribution < -0.4 is 15.1 Å². The number of aryl methyl sites for hydroxylation is 2. The van der Waals surface area contributed by atoms with Gasteiger partial charge >= 0.3 is 0 Å². The van der Waals surface area contributed by atoms with E-state index in [9.17, 15) is 9.59 Å². The lowest BCUT2D eigenvalue weighted by atomic mass is 10.0. The molecule has 0 unspecified atom stereocenters. The second kappa shape index (κ2) is 10.7. The number of ketones is 1. The van der Waals surface area contributed by atoms with Crippen LogP contribution in [0.5, 0.6) is 0 Å². The molecule has 200 valence electrons. The van der Waals surface area contributed by atoms with Crippen molar-refractivity contribution in [3.63, 3.8) is 0 Å². The molecule has 0 aliphatic carbocycles. The third-order valence-corrected chi connectivity index (χ3v) is 7.46. The lowest BCUT2D eigenvalue weighted by Gasteiger charge is -2.37. The van der Waals surface area contributed by atoms with E-state index in [0.29, 0.717) is 11.4 Å². The molecule has 2 aromatic carbocycles. The van der Waals surface area contributed by atoms with Crippen LogP contribution in [0.2, 0.25) is 0 Å². The van der Waals surface area contributed by atoms with Gasteiger partial charge in [-0.2, -0.15) is 0 Å². The Morgan fingerprint density at radius 1 is 0.775 bits per heavy atom. The maximum absolute atomic E-state index is 13.5. The molecular weight excluding hydrogens is 498 g/mol. The molecule has 1 aliphatic rings. The maximum Gasteiger partial charge on any atom is 0.298 e. The van der Waals surface area contributed by atoms with Gasteiger partial charge in [-0.1, -0.05) is 42.5 Å². The van der Waals surface area contributed by atoms with Crippen LogP contribution in [0.1, 0.15) is 21.7 Å². The van der Waals surface area contributed by atoms with Gasteiger partial charge in [0.25, 0.3) is 11.7 Å². The molecule has 1 saturated heterocycles. The van der Waals surface area contributed by atoms with E-state index in [4.69, 9.17) is 0 Å². The first-order valence-corrected chi connectivity index (χ1v) is 13.5. The van der Waals surface area contributed by atoms with Gasteiger partial charge in [0.2, 0.25) is 0 Å². The number of benzene rings is 2. The minimum atomic E-state index is -0.660. The van der Waals surface area contributed by atoms with Gasteiger partial charge in [0.05, 0.1) is 0 Å². The van der Waals surface area contributed by atoms with Crippen LogP contribution in [0.4, 0.5) is 17.2 Å². The molecule has 1 fully saturated rings. The molecule has 5 aromatic rings. The van der Waals surface area contributed by atoms with Crippen molar-refractivity contribution in [2.75, 3.05) is 41.3 Å². The Morgan fingerprint density at radius 2 is 1.52 bits per heavy atom. The Labute approximate surface area is 233 Å². The molecule has 3 aromatic heterocycles. The van der Waals surface area contributed by atoms with Gasteiger partial charge < -0.3 is 19.5 Å². The Hall–Kier alpha value is -4.91. The van der Waals surface area contributed by atoms with Crippen molar-refractivity contribution in [3.05, 3.63) is 114 Å². The highest BCUT2D eigenvalue weighted by atomic mass is 16.2. The fraction of sp³-hybridized carbons (Fsp3) is 0.182. The monoisotopic (exact) mass is 529 g/mol. The molecule has 7 heteroatoms. The van der Waals surface area contributed by atoms with E-state index in [0.717, 1.165) is 65.6 Å². The smallest absolute Gasteiger partial charge is 0.298 e. The molecule has 40 heavy (non-hydrogen) atoms. The summed E-state index contributed by atoms with van der Waals surface area (Å²) in [5, 5.41) is 2.84. The third kappa shape index (κ3) is 4.94. The summed E-state index contributed by atoms with van der Waals surface area (Å²) in [5.74, 6) is -0.217. The predicted octanol–water partition coefficient (Wildman–Crippen LogP) is 5.77. The van der Waals surface area contributed by atoms with E-state index in [1.165, 1.54) is 0 Å². The molecule has 1 N–H and O–H groups in total. The number of aromatic nitrogens is 2. The standard InChI is InChI=1S/C33H31N5O2/c1-23-21-26(14-15-29(23)36-17-19-37(20-18-36)30-13-8-9-24(2)34-30)35-33(40)32(39)31-28(25-10-4-3-5-11-25)22-27-12-6-7-16-38(27)31/h3-16,21-22H,17-20H2,1-2H3,(H,35,40). The Balaban J connectivity index is 1.18. The molecule has 0 atom stereocenters. The van der Waals surface area contributed by atoms with Gasteiger partial charge in [-0.3, -0.25) is 9.59 Å². The Kier molecular flexibility index (Phi) is 6.78. The molecule has 0 radical (unpaired) electrons. The number of fused-ring (bicyclic) bond motifs is 1. The van der Waals surface area contributed by atoms with Gasteiger partial charge in [0.15, 0.2) is 0 Å². The maximum atomic E-state index is 13.5. The van der Waals surface area contributed by atoms with Crippen LogP contribution in [0.15, 0.2) is 97.2 Å². The van der Waals surface area contributed by atoms with Crippen molar-refractivity contribution in [2.45, 2.75) is 13.8 Å². The summed E-state index contributed by atoms with van der Waals surface area (Å²) in [6, 6.07) is 29.3. The number of nitrogens with one attached hydrogen (secondary N) is 1. The summed E-state index contributed by atoms with van der Waals surface area (Å²) in [7, 11) is 0. The van der Waals surface area contributed by atoms with Crippen LogP contribution in [0, 0.1) is 13.8 Å². The van der Waals surface area contributed by atoms with Crippen LogP contribution in [-0.4, -0.2) is 47.3 Å². The SMILES string of the molecule is Cc1cccc(N2CCN(c3ccc(NC(=O)C(=O)c4c(-c5ccccc5)cc5ccccn45)cc3C)CC2)n1. The average molecular weight is 530 g/mol. The highest BCUT2D eigenvalue weighted by molar-refractivity contribution is 6.47. The predicted molar refractivity (Wildman–Crippen MR) is 160 cm³/mol. The number of carbonyl (C=O) groups is 2. The Bertz CT molecular complexity index is 1700. The lowest BCUT2D eigenvalue weighted by molar-refractivity contribution is -0.112. The zero-order chi connectivity index (χ0) is 27.6. The molecule has 1 amide bonds. The number of hydrogen-bond donors (Lipinski definition) is 1. The normalized spacial score (nSPS) is 13.4. The van der Waals surface area contributed by atoms with Gasteiger partial charge in [0.1, 0.15) is 11.5 Å². The van der Waals surface area contributed by atoms with Gasteiger partial charge in [-0.05, 0) is 73.5 Å². The fourth-order valence-electron chi connectivity index (χ4n) is 5.46. The topological polar surface area (TPSA) is 70.0 Å². The zero-order valence-corrected chi connectivity index (χ0v) is 22.7. The zero-order valence-electron chi connectivity index (χ0n) is 22.7. The highest BCUT2D eigenvalue weighted by Gasteiger charge is 2.25. The van der Waals surface area contributed by atoms with Gasteiger partial charge in [-0.15, -0.1) is 0 Å². The van der Waals surface area contributed by atoms with Crippen molar-refractivity contribution >= 4 is 34.4 Å². The van der Waals surface area contributed by atoms with Crippen LogP contribution in [0.3, 0.4) is 0 Å². The van der Waals surface area contributed by atoms with Gasteiger partial charge in [0, 0.05) is 60.5 Å². The molecule has 6 rings (SSSR count). The number of rotatable bonds is 6. The van der Waals surface area contributed by atoms with Crippen molar-refractivity contribution in [3.8, 4) is 11.1 Å². The summed E-state index contributed by atoms with van der Waals surface area (Å²) in [4.78, 5) is 36.1. The van der Waals surface area contributed by atoms with E-state index in [1.54, 1.807) is 4.40 Å². The molecule has 0 saturated carbocycles. The molecule has 0 bridgehead atoms. The summed E-state index contributed by atoms with van der Waals surface area (Å²) in [6.45, 7) is 7.58. The van der Waals surface area contributed by atoms with Crippen molar-refractivity contribution in [1.29, 1.82) is 0 Å². The quantitative estimate of drug-likeness (QED) is 0.224. The fourth-order valence-corrected chi connectivity index (χ4v) is 5.46. The summed E-state index contributed by atoms with van der Waals surface area (Å²) < 4.78 is 1.78. The number of nitrogens with zero attached hydrogens (tertiary/aromatic N) is 4. The number of Topliss-reactive ketones (excluding diaryl/α,β-unsaturated/α-hetero) is 1. The Morgan fingerprint density at radius 3 is 2.27 bits per heavy atom. The third-order valence-electron chi connectivity index (χ3n) is 7.46. The number of pyridine rings is 2. The first-order valence-electron chi connectivity index (χ1n) is 13.5. The number of anilines is 3. The highest BCUT2D eigenvalue weighted by Crippen LogP contribution is 2.29. The molecular formula is C33H31N5O2. The van der Waals surface area contributed by atoms with E-state index in [2.05, 4.69) is 26.2 Å². The number of hydrogen-bond acceptors (Lipinski definition) is 5. The van der Waals surface area contributed by atoms with Crippen LogP contribution in [0.25, 0.3) is 16.6 Å². The summed E-state index contributed by atoms with van der Waals surface area (Å²) >= 11 is 0. The minimum Gasteiger partial charge on any atom is -0.368 e. The number of amides is 1. The second-order valence-corrected chi connectivity index (χ2v) is 10.2. The number of piperazine rings is 1. The van der Waals surface area contributed by atoms with E-state index in [1.807, 2.05) is 105 Å². The lowest BCUT2D eigenvalue weighted by Crippen LogP contribution is -2.47. The van der Waals surface area contributed by atoms with Gasteiger partial charge in [-0.25, -0.2) is 4.98 Å². The van der Waals surface area contributed by atoms with Crippen LogP contribution in [-0.2, 0) is 4.79 Å². The van der Waals surface area contributed by atoms with Crippen molar-refractivity contribution < 1.29 is 9.59 Å². The summed E-state index contributed by atoms with van der Waals surface area (Å²) in [6.07, 6.45) is 1.82.